The number of halogens is 1. The Morgan fingerprint density at radius 2 is 1.09 bits per heavy atom. The minimum atomic E-state index is 0.271. The first-order chi connectivity index (χ1) is 32.9. The van der Waals surface area contributed by atoms with Crippen molar-refractivity contribution < 1.29 is 14.3 Å². The molecule has 0 radical (unpaired) electrons. The molecule has 0 unspecified atom stereocenters. The van der Waals surface area contributed by atoms with Gasteiger partial charge in [-0.25, -0.2) is 9.97 Å². The van der Waals surface area contributed by atoms with Crippen molar-refractivity contribution in [3.63, 3.8) is 0 Å². The maximum absolute atomic E-state index is 13.1. The van der Waals surface area contributed by atoms with E-state index >= 15 is 0 Å². The Morgan fingerprint density at radius 1 is 0.597 bits per heavy atom. The van der Waals surface area contributed by atoms with Crippen LogP contribution in [0.15, 0.2) is 73.1 Å². The molecule has 4 aromatic heterocycles. The molecular formula is C54H64ClN7O3S2. The number of rotatable bonds is 13. The third kappa shape index (κ3) is 11.7. The van der Waals surface area contributed by atoms with E-state index in [4.69, 9.17) is 21.3 Å². The number of nitrogens with zero attached hydrogens (tertiary/aromatic N) is 7. The van der Waals surface area contributed by atoms with Crippen molar-refractivity contribution in [2.24, 2.45) is 23.7 Å². The average Bonchev–Trinajstić information content (AvgIpc) is 3.98. The van der Waals surface area contributed by atoms with E-state index in [0.29, 0.717) is 29.1 Å². The normalized spacial score (nSPS) is 22.5. The van der Waals surface area contributed by atoms with Gasteiger partial charge in [-0.2, -0.15) is 0 Å². The number of fused-ring (bicyclic) bond motifs is 4. The molecule has 0 bridgehead atoms. The second-order valence-corrected chi connectivity index (χ2v) is 22.4. The second kappa shape index (κ2) is 22.1. The van der Waals surface area contributed by atoms with E-state index in [1.807, 2.05) is 72.0 Å². The number of benzene rings is 2. The van der Waals surface area contributed by atoms with E-state index < -0.39 is 0 Å². The molecule has 11 rings (SSSR count). The molecular weight excluding hydrogens is 894 g/mol. The molecule has 3 fully saturated rings. The van der Waals surface area contributed by atoms with Gasteiger partial charge in [0, 0.05) is 96.2 Å². The van der Waals surface area contributed by atoms with E-state index in [2.05, 4.69) is 29.7 Å². The summed E-state index contributed by atoms with van der Waals surface area (Å²) in [6.45, 7) is 10.1. The van der Waals surface area contributed by atoms with Gasteiger partial charge in [0.15, 0.2) is 21.2 Å². The average molecular weight is 959 g/mol. The molecule has 352 valence electrons. The van der Waals surface area contributed by atoms with Crippen molar-refractivity contribution in [2.45, 2.75) is 103 Å². The predicted octanol–water partition coefficient (Wildman–Crippen LogP) is 11.5. The van der Waals surface area contributed by atoms with Gasteiger partial charge in [-0.05, 0) is 112 Å². The molecule has 0 spiro atoms. The third-order valence-corrected chi connectivity index (χ3v) is 17.8. The molecule has 1 saturated heterocycles. The third-order valence-electron chi connectivity index (χ3n) is 15.3. The lowest BCUT2D eigenvalue weighted by molar-refractivity contribution is 0.0933. The van der Waals surface area contributed by atoms with E-state index in [1.165, 1.54) is 97.0 Å². The van der Waals surface area contributed by atoms with Gasteiger partial charge >= 0.3 is 0 Å². The van der Waals surface area contributed by atoms with E-state index in [-0.39, 0.29) is 11.6 Å². The molecule has 0 atom stereocenters. The molecule has 10 nitrogen and oxygen atoms in total. The molecule has 67 heavy (non-hydrogen) atoms. The number of ether oxygens (including phenoxy) is 1. The van der Waals surface area contributed by atoms with Gasteiger partial charge in [0.2, 0.25) is 0 Å². The largest absolute Gasteiger partial charge is 0.378 e. The Morgan fingerprint density at radius 3 is 1.63 bits per heavy atom. The summed E-state index contributed by atoms with van der Waals surface area (Å²) in [6, 6.07) is 19.6. The number of Topliss-reactive ketones (excluding diaryl/α,β-unsaturated/α-hetero) is 2. The summed E-state index contributed by atoms with van der Waals surface area (Å²) in [7, 11) is 0. The monoisotopic (exact) mass is 957 g/mol. The molecule has 5 aliphatic rings. The van der Waals surface area contributed by atoms with Crippen molar-refractivity contribution in [2.75, 3.05) is 57.4 Å². The Balaban J connectivity index is 0.000000159. The van der Waals surface area contributed by atoms with E-state index in [0.717, 1.165) is 117 Å². The number of carbonyl (C=O) groups excluding carboxylic acids is 2. The highest BCUT2D eigenvalue weighted by Gasteiger charge is 2.29. The maximum Gasteiger partial charge on any atom is 0.185 e. The van der Waals surface area contributed by atoms with Crippen LogP contribution in [-0.2, 0) is 30.7 Å². The minimum Gasteiger partial charge on any atom is -0.378 e. The van der Waals surface area contributed by atoms with Crippen LogP contribution in [0.5, 0.6) is 0 Å². The molecule has 13 heteroatoms. The summed E-state index contributed by atoms with van der Waals surface area (Å²) in [5, 5.41) is 3.16. The summed E-state index contributed by atoms with van der Waals surface area (Å²) in [5.74, 6) is 3.17. The number of hydrogen-bond acceptors (Lipinski definition) is 12. The lowest BCUT2D eigenvalue weighted by atomic mass is 9.78. The number of anilines is 1. The van der Waals surface area contributed by atoms with Crippen LogP contribution in [0.3, 0.4) is 0 Å². The van der Waals surface area contributed by atoms with Crippen LogP contribution in [0, 0.1) is 23.7 Å². The number of ketones is 2. The van der Waals surface area contributed by atoms with Crippen LogP contribution in [-0.4, -0.2) is 93.8 Å². The van der Waals surface area contributed by atoms with Gasteiger partial charge in [-0.1, -0.05) is 73.7 Å². The number of carbonyl (C=O) groups is 2. The van der Waals surface area contributed by atoms with Crippen molar-refractivity contribution in [1.82, 2.24) is 29.7 Å². The van der Waals surface area contributed by atoms with Crippen molar-refractivity contribution in [3.8, 4) is 0 Å². The Bertz CT molecular complexity index is 2620. The van der Waals surface area contributed by atoms with Crippen LogP contribution < -0.4 is 4.90 Å². The first kappa shape index (κ1) is 46.6. The van der Waals surface area contributed by atoms with Crippen LogP contribution in [0.2, 0.25) is 4.47 Å². The van der Waals surface area contributed by atoms with E-state index in [9.17, 15) is 9.59 Å². The molecule has 0 N–H and O–H groups in total. The molecule has 0 amide bonds. The smallest absolute Gasteiger partial charge is 0.185 e. The number of thiazole rings is 2. The molecule has 7 heterocycles. The molecule has 6 aromatic rings. The van der Waals surface area contributed by atoms with Crippen LogP contribution in [0.4, 0.5) is 5.13 Å². The Hall–Kier alpha value is -4.17. The standard InChI is InChI=1S/C29H36N4O2S.C25H28ClN3OS/c34-27(24-3-1-5-25-23(24)4-2-12-30-25)19-22-8-6-21(7-9-22)10-13-32-14-11-28-26(20-32)31-29(36-28)33-15-17-35-18-16-33;26-25-28-22-16-29(14-11-24(22)31-25)13-10-17-6-8-18(9-7-17)15-23(30)20-3-1-5-21-19(20)4-2-12-27-21/h1-5,12,21-22H,6-11,13-20H2;1-5,12,17-18H,6-11,13-16H2. The minimum absolute atomic E-state index is 0.271. The number of hydrogen-bond donors (Lipinski definition) is 0. The van der Waals surface area contributed by atoms with Crippen LogP contribution >= 0.6 is 34.3 Å². The first-order valence-corrected chi connectivity index (χ1v) is 27.0. The van der Waals surface area contributed by atoms with E-state index in [1.54, 1.807) is 23.7 Å². The van der Waals surface area contributed by atoms with Crippen molar-refractivity contribution >= 4 is 72.8 Å². The lowest BCUT2D eigenvalue weighted by Gasteiger charge is -2.31. The SMILES string of the molecule is O=C(CC1CCC(CCN2CCc3sc(Cl)nc3C2)CC1)c1cccc2ncccc12.O=C(CC1CCC(CCN2CCc3sc(N4CCOCC4)nc3C2)CC1)c1cccc2ncccc12. The second-order valence-electron chi connectivity index (χ2n) is 19.7. The zero-order valence-electron chi connectivity index (χ0n) is 38.8. The fourth-order valence-corrected chi connectivity index (χ4v) is 13.6. The zero-order valence-corrected chi connectivity index (χ0v) is 41.1. The molecule has 3 aliphatic heterocycles. The highest BCUT2D eigenvalue weighted by Crippen LogP contribution is 2.37. The number of morpholine rings is 1. The topological polar surface area (TPSA) is 105 Å². The summed E-state index contributed by atoms with van der Waals surface area (Å²) < 4.78 is 6.18. The molecule has 2 saturated carbocycles. The quantitative estimate of drug-likeness (QED) is 0.104. The lowest BCUT2D eigenvalue weighted by Crippen LogP contribution is -2.36. The summed E-state index contributed by atoms with van der Waals surface area (Å²) >= 11 is 9.61. The fraction of sp³-hybridized carbons (Fsp3) is 0.519. The summed E-state index contributed by atoms with van der Waals surface area (Å²) in [6.07, 6.45) is 19.4. The van der Waals surface area contributed by atoms with Crippen LogP contribution in [0.25, 0.3) is 21.8 Å². The van der Waals surface area contributed by atoms with Gasteiger partial charge in [-0.15, -0.1) is 22.7 Å². The van der Waals surface area contributed by atoms with Crippen molar-refractivity contribution in [1.29, 1.82) is 0 Å². The maximum atomic E-state index is 13.1. The first-order valence-electron chi connectivity index (χ1n) is 25.0. The number of aromatic nitrogens is 4. The van der Waals surface area contributed by atoms with Gasteiger partial charge in [0.1, 0.15) is 0 Å². The predicted molar refractivity (Wildman–Crippen MR) is 272 cm³/mol. The molecule has 2 aromatic carbocycles. The van der Waals surface area contributed by atoms with Gasteiger partial charge in [-0.3, -0.25) is 29.4 Å². The van der Waals surface area contributed by atoms with Gasteiger partial charge in [0.25, 0.3) is 0 Å². The highest BCUT2D eigenvalue weighted by molar-refractivity contribution is 7.16. The van der Waals surface area contributed by atoms with Crippen LogP contribution in [0.1, 0.15) is 119 Å². The summed E-state index contributed by atoms with van der Waals surface area (Å²) in [5.41, 5.74) is 5.98. The fourth-order valence-electron chi connectivity index (χ4n) is 11.3. The molecule has 2 aliphatic carbocycles. The number of pyridine rings is 2. The van der Waals surface area contributed by atoms with Crippen molar-refractivity contribution in [3.05, 3.63) is 110 Å². The zero-order chi connectivity index (χ0) is 45.5. The highest BCUT2D eigenvalue weighted by atomic mass is 35.5. The summed E-state index contributed by atoms with van der Waals surface area (Å²) in [4.78, 5) is 54.8. The van der Waals surface area contributed by atoms with Gasteiger partial charge < -0.3 is 9.64 Å². The Labute approximate surface area is 408 Å². The Kier molecular flexibility index (Phi) is 15.3. The van der Waals surface area contributed by atoms with Gasteiger partial charge in [0.05, 0.1) is 35.6 Å².